The van der Waals surface area contributed by atoms with Gasteiger partial charge < -0.3 is 5.11 Å². The summed E-state index contributed by atoms with van der Waals surface area (Å²) in [6.45, 7) is 2.60. The Morgan fingerprint density at radius 3 is 2.54 bits per heavy atom. The second-order valence-corrected chi connectivity index (χ2v) is 7.33. The summed E-state index contributed by atoms with van der Waals surface area (Å²) in [5.41, 5.74) is 1.45. The minimum absolute atomic E-state index is 0.0162. The number of halogens is 1. The molecule has 1 aliphatic heterocycles. The molecule has 4 rings (SSSR count). The molecule has 1 aromatic heterocycles. The van der Waals surface area contributed by atoms with Crippen molar-refractivity contribution in [1.29, 1.82) is 0 Å². The Hall–Kier alpha value is -2.70. The Balaban J connectivity index is 1.68. The van der Waals surface area contributed by atoms with Crippen LogP contribution in [0.15, 0.2) is 58.8 Å². The molecule has 0 unspecified atom stereocenters. The Bertz CT molecular complexity index is 1040. The van der Waals surface area contributed by atoms with E-state index in [4.69, 9.17) is 11.6 Å². The molecule has 1 fully saturated rings. The quantitative estimate of drug-likeness (QED) is 0.603. The first kappa shape index (κ1) is 18.7. The fourth-order valence-corrected chi connectivity index (χ4v) is 3.81. The molecule has 2 heterocycles. The summed E-state index contributed by atoms with van der Waals surface area (Å²) in [4.78, 5) is 14.7. The number of aromatic nitrogens is 1. The van der Waals surface area contributed by atoms with E-state index >= 15 is 0 Å². The third kappa shape index (κ3) is 3.66. The van der Waals surface area contributed by atoms with Crippen molar-refractivity contribution < 1.29 is 9.90 Å². The highest BCUT2D eigenvalue weighted by Crippen LogP contribution is 2.39. The second kappa shape index (κ2) is 8.12. The Morgan fingerprint density at radius 2 is 1.75 bits per heavy atom. The van der Waals surface area contributed by atoms with Crippen LogP contribution < -0.4 is 0 Å². The van der Waals surface area contributed by atoms with Crippen molar-refractivity contribution in [3.05, 3.63) is 59.1 Å². The predicted octanol–water partition coefficient (Wildman–Crippen LogP) is 5.37. The number of fused-ring (bicyclic) bond motifs is 1. The van der Waals surface area contributed by atoms with E-state index in [2.05, 4.69) is 15.1 Å². The molecule has 1 saturated heterocycles. The summed E-state index contributed by atoms with van der Waals surface area (Å²) in [5, 5.41) is 19.8. The van der Waals surface area contributed by atoms with Crippen molar-refractivity contribution in [2.45, 2.75) is 25.9 Å². The van der Waals surface area contributed by atoms with Gasteiger partial charge in [0, 0.05) is 5.39 Å². The predicted molar refractivity (Wildman–Crippen MR) is 109 cm³/mol. The first-order chi connectivity index (χ1) is 13.6. The van der Waals surface area contributed by atoms with Gasteiger partial charge in [0.1, 0.15) is 0 Å². The smallest absolute Gasteiger partial charge is 0.296 e. The van der Waals surface area contributed by atoms with Crippen LogP contribution in [0, 0.1) is 0 Å². The van der Waals surface area contributed by atoms with Crippen LogP contribution in [0.2, 0.25) is 5.02 Å². The van der Waals surface area contributed by atoms with E-state index in [1.165, 1.54) is 19.3 Å². The van der Waals surface area contributed by atoms with Crippen molar-refractivity contribution in [1.82, 2.24) is 9.47 Å². The van der Waals surface area contributed by atoms with Gasteiger partial charge >= 0.3 is 0 Å². The van der Waals surface area contributed by atoms with Gasteiger partial charge in [0.15, 0.2) is 5.69 Å². The lowest BCUT2D eigenvalue weighted by atomic mass is 10.1. The summed E-state index contributed by atoms with van der Waals surface area (Å²) in [7, 11) is 0. The maximum Gasteiger partial charge on any atom is 0.296 e. The topological polar surface area (TPSA) is 70.2 Å². The molecule has 2 aromatic carbocycles. The third-order valence-corrected chi connectivity index (χ3v) is 5.38. The van der Waals surface area contributed by atoms with Crippen molar-refractivity contribution in [2.24, 2.45) is 10.2 Å². The number of nitrogens with zero attached hydrogens (tertiary/aromatic N) is 4. The highest BCUT2D eigenvalue weighted by molar-refractivity contribution is 6.33. The number of para-hydroxylation sites is 1. The Kier molecular flexibility index (Phi) is 5.41. The number of aromatic hydroxyl groups is 1. The molecule has 0 atom stereocenters. The average molecular weight is 397 g/mol. The van der Waals surface area contributed by atoms with Crippen molar-refractivity contribution in [2.75, 3.05) is 13.1 Å². The number of carbonyl (C=O) groups excluding carboxylic acids is 1. The fourth-order valence-electron chi connectivity index (χ4n) is 3.60. The van der Waals surface area contributed by atoms with Crippen molar-refractivity contribution in [3.63, 3.8) is 0 Å². The van der Waals surface area contributed by atoms with E-state index in [1.54, 1.807) is 24.3 Å². The minimum Gasteiger partial charge on any atom is -0.493 e. The number of likely N-dealkylation sites (tertiary alicyclic amines) is 1. The lowest BCUT2D eigenvalue weighted by Crippen LogP contribution is -2.31. The molecule has 0 aliphatic carbocycles. The molecule has 3 aromatic rings. The number of rotatable bonds is 4. The molecule has 0 radical (unpaired) electrons. The van der Waals surface area contributed by atoms with Crippen molar-refractivity contribution in [3.8, 4) is 5.88 Å². The van der Waals surface area contributed by atoms with Gasteiger partial charge in [-0.1, -0.05) is 48.4 Å². The summed E-state index contributed by atoms with van der Waals surface area (Å²) < 4.78 is 1.83. The number of hydrogen-bond donors (Lipinski definition) is 1. The highest BCUT2D eigenvalue weighted by atomic mass is 35.5. The fraction of sp³-hybridized carbons (Fsp3) is 0.286. The zero-order valence-corrected chi connectivity index (χ0v) is 16.1. The van der Waals surface area contributed by atoms with Gasteiger partial charge in [-0.2, -0.15) is 0 Å². The average Bonchev–Trinajstić information content (AvgIpc) is 2.99. The number of amides is 1. The van der Waals surface area contributed by atoms with Gasteiger partial charge in [0.25, 0.3) is 5.91 Å². The summed E-state index contributed by atoms with van der Waals surface area (Å²) in [5.74, 6) is -0.527. The van der Waals surface area contributed by atoms with Gasteiger partial charge in [-0.15, -0.1) is 10.2 Å². The van der Waals surface area contributed by atoms with E-state index in [9.17, 15) is 9.90 Å². The molecule has 1 N–H and O–H groups in total. The zero-order valence-electron chi connectivity index (χ0n) is 15.4. The van der Waals surface area contributed by atoms with Crippen LogP contribution in [0.1, 0.15) is 29.6 Å². The first-order valence-electron chi connectivity index (χ1n) is 9.38. The SMILES string of the molecule is O=C(N=Nc1c(O)n(CN2CCCCC2)c2ccccc12)c1ccccc1Cl. The van der Waals surface area contributed by atoms with E-state index in [0.29, 0.717) is 17.4 Å². The van der Waals surface area contributed by atoms with Crippen LogP contribution in [0.5, 0.6) is 5.88 Å². The first-order valence-corrected chi connectivity index (χ1v) is 9.76. The van der Waals surface area contributed by atoms with Gasteiger partial charge in [-0.25, -0.2) is 0 Å². The Morgan fingerprint density at radius 1 is 1.04 bits per heavy atom. The molecule has 1 amide bonds. The lowest BCUT2D eigenvalue weighted by molar-refractivity contribution is 0.0995. The van der Waals surface area contributed by atoms with E-state index in [-0.39, 0.29) is 11.4 Å². The van der Waals surface area contributed by atoms with Gasteiger partial charge in [-0.05, 0) is 44.1 Å². The van der Waals surface area contributed by atoms with Crippen molar-refractivity contribution >= 4 is 34.1 Å². The number of carbonyl (C=O) groups is 1. The van der Waals surface area contributed by atoms with Gasteiger partial charge in [-0.3, -0.25) is 14.3 Å². The molecular formula is C21H21ClN4O2. The van der Waals surface area contributed by atoms with Gasteiger partial charge in [0.2, 0.25) is 5.88 Å². The normalized spacial score (nSPS) is 15.5. The zero-order chi connectivity index (χ0) is 19.5. The maximum absolute atomic E-state index is 12.4. The largest absolute Gasteiger partial charge is 0.493 e. The molecule has 28 heavy (non-hydrogen) atoms. The number of azo groups is 1. The number of piperidine rings is 1. The summed E-state index contributed by atoms with van der Waals surface area (Å²) >= 11 is 6.06. The van der Waals surface area contributed by atoms with Gasteiger partial charge in [0.05, 0.1) is 22.8 Å². The van der Waals surface area contributed by atoms with E-state index < -0.39 is 5.91 Å². The molecule has 0 bridgehead atoms. The molecule has 1 aliphatic rings. The second-order valence-electron chi connectivity index (χ2n) is 6.92. The van der Waals surface area contributed by atoms with Crippen LogP contribution in [0.4, 0.5) is 5.69 Å². The molecule has 0 spiro atoms. The van der Waals surface area contributed by atoms with E-state index in [1.807, 2.05) is 28.8 Å². The van der Waals surface area contributed by atoms with Crippen LogP contribution in [-0.2, 0) is 6.67 Å². The highest BCUT2D eigenvalue weighted by Gasteiger charge is 2.20. The van der Waals surface area contributed by atoms with Crippen LogP contribution >= 0.6 is 11.6 Å². The van der Waals surface area contributed by atoms with Crippen LogP contribution in [0.25, 0.3) is 10.9 Å². The van der Waals surface area contributed by atoms with Crippen LogP contribution in [0.3, 0.4) is 0 Å². The monoisotopic (exact) mass is 396 g/mol. The number of benzene rings is 2. The molecule has 7 heteroatoms. The molecule has 0 saturated carbocycles. The standard InChI is InChI=1S/C21H21ClN4O2/c22-17-10-4-2-8-15(17)20(27)24-23-19-16-9-3-5-11-18(16)26(21(19)28)14-25-12-6-1-7-13-25/h2-5,8-11,28H,1,6-7,12-14H2. The number of hydrogen-bond acceptors (Lipinski definition) is 4. The van der Waals surface area contributed by atoms with Crippen LogP contribution in [-0.4, -0.2) is 33.6 Å². The summed E-state index contributed by atoms with van der Waals surface area (Å²) in [6, 6.07) is 14.3. The lowest BCUT2D eigenvalue weighted by Gasteiger charge is -2.27. The molecule has 144 valence electrons. The maximum atomic E-state index is 12.4. The summed E-state index contributed by atoms with van der Waals surface area (Å²) in [6.07, 6.45) is 3.58. The van der Waals surface area contributed by atoms with E-state index in [0.717, 1.165) is 24.0 Å². The Labute approximate surface area is 168 Å². The third-order valence-electron chi connectivity index (χ3n) is 5.05. The molecule has 6 nitrogen and oxygen atoms in total. The minimum atomic E-state index is -0.544. The molecular weight excluding hydrogens is 376 g/mol.